The summed E-state index contributed by atoms with van der Waals surface area (Å²) in [5, 5.41) is 0. The second kappa shape index (κ2) is 7.66. The number of hydrogen-bond acceptors (Lipinski definition) is 3. The molecule has 0 saturated carbocycles. The lowest BCUT2D eigenvalue weighted by Gasteiger charge is -2.20. The summed E-state index contributed by atoms with van der Waals surface area (Å²) in [6, 6.07) is 8.11. The van der Waals surface area contributed by atoms with Crippen LogP contribution >= 0.6 is 0 Å². The molecule has 0 radical (unpaired) electrons. The monoisotopic (exact) mass is 343 g/mol. The number of aromatic amines is 1. The lowest BCUT2D eigenvalue weighted by molar-refractivity contribution is -0.907. The average Bonchev–Trinajstić information content (AvgIpc) is 2.89. The van der Waals surface area contributed by atoms with Crippen LogP contribution in [0.4, 0.5) is 0 Å². The fourth-order valence-electron chi connectivity index (χ4n) is 3.03. The fourth-order valence-corrected chi connectivity index (χ4v) is 3.03. The Kier molecular flexibility index (Phi) is 5.80. The van der Waals surface area contributed by atoms with E-state index in [0.717, 1.165) is 11.4 Å². The third-order valence-electron chi connectivity index (χ3n) is 4.81. The molecule has 2 rings (SSSR count). The summed E-state index contributed by atoms with van der Waals surface area (Å²) in [5.41, 5.74) is 4.68. The number of rotatable bonds is 6. The Hall–Kier alpha value is -2.40. The van der Waals surface area contributed by atoms with Gasteiger partial charge in [0, 0.05) is 11.3 Å². The normalized spacial score (nSPS) is 13.4. The van der Waals surface area contributed by atoms with E-state index in [4.69, 9.17) is 4.74 Å². The third kappa shape index (κ3) is 3.99. The van der Waals surface area contributed by atoms with Crippen molar-refractivity contribution in [2.45, 2.75) is 40.3 Å². The highest BCUT2D eigenvalue weighted by Crippen LogP contribution is 2.19. The van der Waals surface area contributed by atoms with Gasteiger partial charge in [-0.05, 0) is 33.3 Å². The minimum atomic E-state index is -0.418. The van der Waals surface area contributed by atoms with Crippen molar-refractivity contribution in [3.05, 3.63) is 57.9 Å². The number of methoxy groups -OCH3 is 1. The van der Waals surface area contributed by atoms with Gasteiger partial charge in [-0.2, -0.15) is 0 Å². The number of Topliss-reactive ketones (excluding diaryl/α,β-unsaturated/α-hetero) is 1. The molecule has 2 N–H and O–H groups in total. The van der Waals surface area contributed by atoms with Crippen LogP contribution in [0.5, 0.6) is 0 Å². The largest absolute Gasteiger partial charge is 0.465 e. The number of aromatic nitrogens is 1. The van der Waals surface area contributed by atoms with E-state index in [1.54, 1.807) is 13.8 Å². The predicted molar refractivity (Wildman–Crippen MR) is 97.2 cm³/mol. The number of hydrogen-bond donors (Lipinski definition) is 2. The van der Waals surface area contributed by atoms with Gasteiger partial charge in [-0.1, -0.05) is 29.8 Å². The molecule has 1 aromatic carbocycles. The number of nitrogens with one attached hydrogen (secondary N) is 2. The number of quaternary nitrogens is 1. The first-order valence-electron chi connectivity index (χ1n) is 8.45. The van der Waals surface area contributed by atoms with Crippen LogP contribution in [0.2, 0.25) is 0 Å². The number of likely N-dealkylation sites (N-methyl/N-ethyl adjacent to an activating group) is 1. The van der Waals surface area contributed by atoms with Gasteiger partial charge in [0.05, 0.1) is 25.4 Å². The zero-order valence-corrected chi connectivity index (χ0v) is 15.8. The molecule has 0 amide bonds. The van der Waals surface area contributed by atoms with Crippen LogP contribution in [0.3, 0.4) is 0 Å². The summed E-state index contributed by atoms with van der Waals surface area (Å²) in [5.74, 6) is -0.418. The molecule has 0 aliphatic rings. The van der Waals surface area contributed by atoms with Crippen LogP contribution in [-0.4, -0.2) is 36.9 Å². The number of carbonyl (C=O) groups excluding carboxylic acids is 2. The second-order valence-corrected chi connectivity index (χ2v) is 6.71. The zero-order chi connectivity index (χ0) is 18.7. The molecule has 25 heavy (non-hydrogen) atoms. The Morgan fingerprint density at radius 2 is 1.76 bits per heavy atom. The van der Waals surface area contributed by atoms with Crippen LogP contribution in [0.1, 0.15) is 50.2 Å². The summed E-state index contributed by atoms with van der Waals surface area (Å²) in [4.78, 5) is 29.0. The highest BCUT2D eigenvalue weighted by atomic mass is 16.5. The first-order chi connectivity index (χ1) is 11.8. The van der Waals surface area contributed by atoms with E-state index >= 15 is 0 Å². The van der Waals surface area contributed by atoms with E-state index in [1.807, 2.05) is 14.0 Å². The van der Waals surface area contributed by atoms with Gasteiger partial charge < -0.3 is 14.6 Å². The van der Waals surface area contributed by atoms with Crippen LogP contribution in [0, 0.1) is 20.8 Å². The topological polar surface area (TPSA) is 63.6 Å². The number of aryl methyl sites for hydroxylation is 2. The van der Waals surface area contributed by atoms with Crippen LogP contribution < -0.4 is 4.90 Å². The summed E-state index contributed by atoms with van der Waals surface area (Å²) in [7, 11) is 3.35. The molecule has 0 saturated heterocycles. The van der Waals surface area contributed by atoms with E-state index in [9.17, 15) is 9.59 Å². The zero-order valence-electron chi connectivity index (χ0n) is 15.8. The lowest BCUT2D eigenvalue weighted by atomic mass is 10.0. The maximum absolute atomic E-state index is 12.9. The van der Waals surface area contributed by atoms with Gasteiger partial charge in [-0.15, -0.1) is 0 Å². The van der Waals surface area contributed by atoms with E-state index in [0.29, 0.717) is 22.5 Å². The average molecular weight is 343 g/mol. The quantitative estimate of drug-likeness (QED) is 0.623. The van der Waals surface area contributed by atoms with E-state index in [-0.39, 0.29) is 11.8 Å². The first kappa shape index (κ1) is 18.9. The SMILES string of the molecule is COC(=O)c1c(C)[nH]c(C(=O)[C@@H](C)[NH+](C)Cc2ccc(C)cc2)c1C. The maximum Gasteiger partial charge on any atom is 0.339 e. The fraction of sp³-hybridized carbons (Fsp3) is 0.400. The second-order valence-electron chi connectivity index (χ2n) is 6.71. The standard InChI is InChI=1S/C20H26N2O3/c1-12-7-9-16(10-8-12)11-22(5)15(4)19(23)18-13(2)17(14(3)21-18)20(24)25-6/h7-10,15,21H,11H2,1-6H3/p+1/t15-/m1/s1. The van der Waals surface area contributed by atoms with Crippen molar-refractivity contribution in [2.75, 3.05) is 14.2 Å². The molecule has 2 atom stereocenters. The van der Waals surface area contributed by atoms with Crippen molar-refractivity contribution < 1.29 is 19.2 Å². The number of ketones is 1. The molecule has 134 valence electrons. The summed E-state index contributed by atoms with van der Waals surface area (Å²) in [6.07, 6.45) is 0. The molecule has 0 spiro atoms. The summed E-state index contributed by atoms with van der Waals surface area (Å²) in [6.45, 7) is 8.30. The molecule has 1 aromatic heterocycles. The Balaban J connectivity index is 2.19. The molecule has 0 fully saturated rings. The molecule has 1 unspecified atom stereocenters. The highest BCUT2D eigenvalue weighted by Gasteiger charge is 2.29. The minimum absolute atomic E-state index is 0.000338. The van der Waals surface area contributed by atoms with E-state index < -0.39 is 5.97 Å². The van der Waals surface area contributed by atoms with Gasteiger partial charge in [0.2, 0.25) is 5.78 Å². The van der Waals surface area contributed by atoms with E-state index in [2.05, 4.69) is 36.2 Å². The molecule has 1 heterocycles. The number of H-pyrrole nitrogens is 1. The minimum Gasteiger partial charge on any atom is -0.465 e. The van der Waals surface area contributed by atoms with Crippen molar-refractivity contribution >= 4 is 11.8 Å². The highest BCUT2D eigenvalue weighted by molar-refractivity contribution is 6.03. The molecule has 5 heteroatoms. The lowest BCUT2D eigenvalue weighted by Crippen LogP contribution is -3.12. The Morgan fingerprint density at radius 3 is 2.32 bits per heavy atom. The Bertz CT molecular complexity index is 775. The van der Waals surface area contributed by atoms with E-state index in [1.165, 1.54) is 18.2 Å². The molecular weight excluding hydrogens is 316 g/mol. The van der Waals surface area contributed by atoms with Gasteiger partial charge in [0.1, 0.15) is 6.54 Å². The van der Waals surface area contributed by atoms with Gasteiger partial charge >= 0.3 is 5.97 Å². The van der Waals surface area contributed by atoms with Crippen LogP contribution in [0.15, 0.2) is 24.3 Å². The number of esters is 1. The molecule has 0 aliphatic heterocycles. The predicted octanol–water partition coefficient (Wildman–Crippen LogP) is 2.01. The number of ether oxygens (including phenoxy) is 1. The molecule has 5 nitrogen and oxygen atoms in total. The van der Waals surface area contributed by atoms with Crippen LogP contribution in [0.25, 0.3) is 0 Å². The summed E-state index contributed by atoms with van der Waals surface area (Å²) >= 11 is 0. The third-order valence-corrected chi connectivity index (χ3v) is 4.81. The van der Waals surface area contributed by atoms with Gasteiger partial charge in [0.25, 0.3) is 0 Å². The smallest absolute Gasteiger partial charge is 0.339 e. The van der Waals surface area contributed by atoms with Crippen molar-refractivity contribution in [1.82, 2.24) is 4.98 Å². The van der Waals surface area contributed by atoms with Gasteiger partial charge in [-0.3, -0.25) is 4.79 Å². The summed E-state index contributed by atoms with van der Waals surface area (Å²) < 4.78 is 4.81. The van der Waals surface area contributed by atoms with Crippen molar-refractivity contribution in [1.29, 1.82) is 0 Å². The van der Waals surface area contributed by atoms with Gasteiger partial charge in [-0.25, -0.2) is 4.79 Å². The molecular formula is C20H27N2O3+. The van der Waals surface area contributed by atoms with Crippen molar-refractivity contribution in [3.8, 4) is 0 Å². The Labute approximate surface area is 149 Å². The molecule has 2 aromatic rings. The van der Waals surface area contributed by atoms with Crippen molar-refractivity contribution in [3.63, 3.8) is 0 Å². The van der Waals surface area contributed by atoms with Crippen molar-refractivity contribution in [2.24, 2.45) is 0 Å². The first-order valence-corrected chi connectivity index (χ1v) is 8.45. The Morgan fingerprint density at radius 1 is 1.16 bits per heavy atom. The van der Waals surface area contributed by atoms with Crippen LogP contribution in [-0.2, 0) is 11.3 Å². The number of carbonyl (C=O) groups is 2. The molecule has 0 bridgehead atoms. The molecule has 0 aliphatic carbocycles. The number of benzene rings is 1. The maximum atomic E-state index is 12.9. The van der Waals surface area contributed by atoms with Gasteiger partial charge in [0.15, 0.2) is 6.04 Å².